The van der Waals surface area contributed by atoms with E-state index >= 15 is 0 Å². The van der Waals surface area contributed by atoms with Gasteiger partial charge in [-0.1, -0.05) is 13.3 Å². The Balaban J connectivity index is 1.92. The van der Waals surface area contributed by atoms with Crippen LogP contribution in [0.25, 0.3) is 0 Å². The molecule has 0 aromatic carbocycles. The van der Waals surface area contributed by atoms with Gasteiger partial charge in [0.05, 0.1) is 6.42 Å². The molecule has 1 aromatic heterocycles. The van der Waals surface area contributed by atoms with E-state index in [0.717, 1.165) is 37.5 Å². The zero-order chi connectivity index (χ0) is 13.7. The van der Waals surface area contributed by atoms with Crippen molar-refractivity contribution in [2.24, 2.45) is 5.92 Å². The summed E-state index contributed by atoms with van der Waals surface area (Å²) in [6.45, 7) is 6.12. The van der Waals surface area contributed by atoms with Crippen LogP contribution in [0.2, 0.25) is 0 Å². The van der Waals surface area contributed by atoms with Crippen molar-refractivity contribution in [3.05, 3.63) is 29.6 Å². The Morgan fingerprint density at radius 2 is 2.26 bits per heavy atom. The summed E-state index contributed by atoms with van der Waals surface area (Å²) >= 11 is 0. The fourth-order valence-electron chi connectivity index (χ4n) is 2.79. The maximum Gasteiger partial charge on any atom is 0.228 e. The smallest absolute Gasteiger partial charge is 0.228 e. The summed E-state index contributed by atoms with van der Waals surface area (Å²) in [5.41, 5.74) is 2.06. The van der Waals surface area contributed by atoms with Gasteiger partial charge < -0.3 is 4.90 Å². The third-order valence-corrected chi connectivity index (χ3v) is 4.08. The number of carbonyl (C=O) groups excluding carboxylic acids is 1. The molecule has 0 radical (unpaired) electrons. The molecule has 1 aliphatic rings. The number of carbonyl (C=O) groups is 1. The fourth-order valence-corrected chi connectivity index (χ4v) is 2.79. The van der Waals surface area contributed by atoms with Gasteiger partial charge in [0.15, 0.2) is 0 Å². The maximum absolute atomic E-state index is 12.3. The SMILES string of the molecule is CC[C@@H]1CCCN(C(=O)Cc2cc(C)ccn2)CC1. The first-order chi connectivity index (χ1) is 9.19. The first-order valence-corrected chi connectivity index (χ1v) is 7.38. The molecule has 1 aromatic rings. The Morgan fingerprint density at radius 1 is 1.42 bits per heavy atom. The van der Waals surface area contributed by atoms with Crippen molar-refractivity contribution >= 4 is 5.91 Å². The number of amides is 1. The van der Waals surface area contributed by atoms with Crippen molar-refractivity contribution in [1.29, 1.82) is 0 Å². The highest BCUT2D eigenvalue weighted by atomic mass is 16.2. The van der Waals surface area contributed by atoms with Crippen LogP contribution in [-0.4, -0.2) is 28.9 Å². The molecule has 3 nitrogen and oxygen atoms in total. The topological polar surface area (TPSA) is 33.2 Å². The van der Waals surface area contributed by atoms with Crippen LogP contribution >= 0.6 is 0 Å². The lowest BCUT2D eigenvalue weighted by atomic mass is 9.98. The molecule has 1 atom stereocenters. The number of aryl methyl sites for hydroxylation is 1. The Kier molecular flexibility index (Phi) is 4.94. The standard InChI is InChI=1S/C16H24N2O/c1-3-14-5-4-9-18(10-7-14)16(19)12-15-11-13(2)6-8-17-15/h6,8,11,14H,3-5,7,9-10,12H2,1-2H3/t14-/m1/s1. The average Bonchev–Trinajstić information content (AvgIpc) is 2.64. The van der Waals surface area contributed by atoms with Crippen molar-refractivity contribution in [2.75, 3.05) is 13.1 Å². The van der Waals surface area contributed by atoms with E-state index in [-0.39, 0.29) is 5.91 Å². The van der Waals surface area contributed by atoms with Crippen LogP contribution in [0.15, 0.2) is 18.3 Å². The lowest BCUT2D eigenvalue weighted by molar-refractivity contribution is -0.130. The summed E-state index contributed by atoms with van der Waals surface area (Å²) in [7, 11) is 0. The maximum atomic E-state index is 12.3. The Morgan fingerprint density at radius 3 is 3.00 bits per heavy atom. The van der Waals surface area contributed by atoms with Crippen molar-refractivity contribution < 1.29 is 4.79 Å². The molecule has 0 bridgehead atoms. The molecule has 1 aliphatic heterocycles. The summed E-state index contributed by atoms with van der Waals surface area (Å²) in [5.74, 6) is 1.03. The van der Waals surface area contributed by atoms with E-state index < -0.39 is 0 Å². The van der Waals surface area contributed by atoms with Crippen LogP contribution in [0.1, 0.15) is 43.9 Å². The van der Waals surface area contributed by atoms with Crippen LogP contribution in [-0.2, 0) is 11.2 Å². The molecule has 2 rings (SSSR count). The molecule has 1 amide bonds. The lowest BCUT2D eigenvalue weighted by Gasteiger charge is -2.20. The number of likely N-dealkylation sites (tertiary alicyclic amines) is 1. The minimum Gasteiger partial charge on any atom is -0.342 e. The quantitative estimate of drug-likeness (QED) is 0.837. The van der Waals surface area contributed by atoms with Gasteiger partial charge in [-0.2, -0.15) is 0 Å². The molecule has 0 spiro atoms. The molecule has 3 heteroatoms. The lowest BCUT2D eigenvalue weighted by Crippen LogP contribution is -2.33. The predicted molar refractivity (Wildman–Crippen MR) is 76.9 cm³/mol. The highest BCUT2D eigenvalue weighted by molar-refractivity contribution is 5.78. The highest BCUT2D eigenvalue weighted by Crippen LogP contribution is 2.20. The summed E-state index contributed by atoms with van der Waals surface area (Å²) in [5, 5.41) is 0. The number of aromatic nitrogens is 1. The highest BCUT2D eigenvalue weighted by Gasteiger charge is 2.20. The fraction of sp³-hybridized carbons (Fsp3) is 0.625. The van der Waals surface area contributed by atoms with E-state index in [1.54, 1.807) is 6.20 Å². The normalized spacial score (nSPS) is 20.1. The minimum atomic E-state index is 0.231. The van der Waals surface area contributed by atoms with Gasteiger partial charge in [-0.25, -0.2) is 0 Å². The number of rotatable bonds is 3. The number of pyridine rings is 1. The molecule has 0 saturated carbocycles. The van der Waals surface area contributed by atoms with Crippen molar-refractivity contribution in [1.82, 2.24) is 9.88 Å². The zero-order valence-corrected chi connectivity index (χ0v) is 12.1. The van der Waals surface area contributed by atoms with E-state index in [4.69, 9.17) is 0 Å². The second-order valence-corrected chi connectivity index (χ2v) is 5.59. The molecular formula is C16H24N2O. The van der Waals surface area contributed by atoms with E-state index in [1.165, 1.54) is 18.4 Å². The second kappa shape index (κ2) is 6.69. The summed E-state index contributed by atoms with van der Waals surface area (Å²) in [4.78, 5) is 18.6. The van der Waals surface area contributed by atoms with Gasteiger partial charge in [0.1, 0.15) is 0 Å². The van der Waals surface area contributed by atoms with Gasteiger partial charge in [-0.05, 0) is 49.8 Å². The second-order valence-electron chi connectivity index (χ2n) is 5.59. The van der Waals surface area contributed by atoms with Gasteiger partial charge in [0.25, 0.3) is 0 Å². The van der Waals surface area contributed by atoms with E-state index in [1.807, 2.05) is 24.0 Å². The molecule has 0 unspecified atom stereocenters. The third-order valence-electron chi connectivity index (χ3n) is 4.08. The molecule has 1 fully saturated rings. The monoisotopic (exact) mass is 260 g/mol. The Bertz CT molecular complexity index is 431. The van der Waals surface area contributed by atoms with E-state index in [2.05, 4.69) is 11.9 Å². The van der Waals surface area contributed by atoms with Gasteiger partial charge in [0.2, 0.25) is 5.91 Å². The minimum absolute atomic E-state index is 0.231. The molecule has 0 N–H and O–H groups in total. The summed E-state index contributed by atoms with van der Waals surface area (Å²) in [6.07, 6.45) is 7.03. The van der Waals surface area contributed by atoms with Crippen LogP contribution < -0.4 is 0 Å². The predicted octanol–water partition coefficient (Wildman–Crippen LogP) is 2.97. The molecule has 104 valence electrons. The van der Waals surface area contributed by atoms with Crippen LogP contribution in [0, 0.1) is 12.8 Å². The van der Waals surface area contributed by atoms with Gasteiger partial charge in [0, 0.05) is 25.0 Å². The van der Waals surface area contributed by atoms with E-state index in [0.29, 0.717) is 6.42 Å². The van der Waals surface area contributed by atoms with Crippen molar-refractivity contribution in [3.63, 3.8) is 0 Å². The molecule has 2 heterocycles. The van der Waals surface area contributed by atoms with Crippen molar-refractivity contribution in [3.8, 4) is 0 Å². The Hall–Kier alpha value is -1.38. The first kappa shape index (κ1) is 14.0. The average molecular weight is 260 g/mol. The molecule has 0 aliphatic carbocycles. The van der Waals surface area contributed by atoms with Crippen molar-refractivity contribution in [2.45, 2.75) is 46.0 Å². The number of hydrogen-bond donors (Lipinski definition) is 0. The number of hydrogen-bond acceptors (Lipinski definition) is 2. The van der Waals surface area contributed by atoms with Crippen LogP contribution in [0.5, 0.6) is 0 Å². The zero-order valence-electron chi connectivity index (χ0n) is 12.1. The third kappa shape index (κ3) is 4.05. The van der Waals surface area contributed by atoms with Gasteiger partial charge >= 0.3 is 0 Å². The van der Waals surface area contributed by atoms with Gasteiger partial charge in [-0.3, -0.25) is 9.78 Å². The molecule has 1 saturated heterocycles. The summed E-state index contributed by atoms with van der Waals surface area (Å²) in [6, 6.07) is 3.97. The molecule has 19 heavy (non-hydrogen) atoms. The largest absolute Gasteiger partial charge is 0.342 e. The molecular weight excluding hydrogens is 236 g/mol. The van der Waals surface area contributed by atoms with Crippen LogP contribution in [0.3, 0.4) is 0 Å². The Labute approximate surface area is 116 Å². The van der Waals surface area contributed by atoms with Gasteiger partial charge in [-0.15, -0.1) is 0 Å². The summed E-state index contributed by atoms with van der Waals surface area (Å²) < 4.78 is 0. The first-order valence-electron chi connectivity index (χ1n) is 7.38. The number of nitrogens with zero attached hydrogens (tertiary/aromatic N) is 2. The van der Waals surface area contributed by atoms with Crippen LogP contribution in [0.4, 0.5) is 0 Å². The van der Waals surface area contributed by atoms with E-state index in [9.17, 15) is 4.79 Å².